The Morgan fingerprint density at radius 2 is 2.50 bits per heavy atom. The van der Waals surface area contributed by atoms with Gasteiger partial charge in [0.2, 0.25) is 5.95 Å². The van der Waals surface area contributed by atoms with Crippen LogP contribution in [0.15, 0.2) is 0 Å². The Labute approximate surface area is 83.7 Å². The van der Waals surface area contributed by atoms with Crippen LogP contribution in [-0.4, -0.2) is 34.3 Å². The zero-order chi connectivity index (χ0) is 9.97. The predicted molar refractivity (Wildman–Crippen MR) is 55.2 cm³/mol. The van der Waals surface area contributed by atoms with Gasteiger partial charge in [-0.05, 0) is 12.8 Å². The van der Waals surface area contributed by atoms with E-state index in [4.69, 9.17) is 5.73 Å². The highest BCUT2D eigenvalue weighted by Gasteiger charge is 2.21. The number of anilines is 1. The third-order valence-electron chi connectivity index (χ3n) is 2.51. The van der Waals surface area contributed by atoms with Crippen molar-refractivity contribution in [2.24, 2.45) is 5.73 Å². The van der Waals surface area contributed by atoms with E-state index in [0.29, 0.717) is 0 Å². The summed E-state index contributed by atoms with van der Waals surface area (Å²) in [4.78, 5) is 6.56. The van der Waals surface area contributed by atoms with Crippen LogP contribution in [0.1, 0.15) is 25.6 Å². The number of aryl methyl sites for hydroxylation is 1. The largest absolute Gasteiger partial charge is 0.338 e. The van der Waals surface area contributed by atoms with Gasteiger partial charge in [0.15, 0.2) is 0 Å². The maximum Gasteiger partial charge on any atom is 0.244 e. The number of H-pyrrole nitrogens is 1. The molecule has 1 aliphatic rings. The van der Waals surface area contributed by atoms with Crippen LogP contribution in [-0.2, 0) is 6.42 Å². The van der Waals surface area contributed by atoms with Gasteiger partial charge in [-0.1, -0.05) is 6.92 Å². The molecule has 2 heterocycles. The third-order valence-corrected chi connectivity index (χ3v) is 2.51. The fraction of sp³-hybridized carbons (Fsp3) is 0.778. The van der Waals surface area contributed by atoms with Gasteiger partial charge in [-0.15, -0.1) is 5.10 Å². The molecule has 1 aromatic heterocycles. The van der Waals surface area contributed by atoms with Crippen LogP contribution in [0.3, 0.4) is 0 Å². The van der Waals surface area contributed by atoms with E-state index < -0.39 is 0 Å². The SMILES string of the molecule is CCCc1nc(N2CCC(N)C2)n[nH]1. The molecule has 78 valence electrons. The maximum atomic E-state index is 5.82. The Morgan fingerprint density at radius 3 is 3.14 bits per heavy atom. The second kappa shape index (κ2) is 3.96. The lowest BCUT2D eigenvalue weighted by Crippen LogP contribution is -2.26. The Bertz CT molecular complexity index is 295. The molecule has 3 N–H and O–H groups in total. The van der Waals surface area contributed by atoms with Gasteiger partial charge in [0, 0.05) is 25.6 Å². The number of nitrogens with two attached hydrogens (primary N) is 1. The molecule has 1 saturated heterocycles. The number of rotatable bonds is 3. The van der Waals surface area contributed by atoms with Gasteiger partial charge in [-0.3, -0.25) is 5.10 Å². The molecule has 0 saturated carbocycles. The molecule has 0 amide bonds. The van der Waals surface area contributed by atoms with Crippen molar-refractivity contribution in [2.75, 3.05) is 18.0 Å². The maximum absolute atomic E-state index is 5.82. The van der Waals surface area contributed by atoms with Crippen LogP contribution in [0.5, 0.6) is 0 Å². The molecule has 0 spiro atoms. The average Bonchev–Trinajstić information content (AvgIpc) is 2.74. The lowest BCUT2D eigenvalue weighted by atomic mass is 10.3. The normalized spacial score (nSPS) is 21.9. The number of nitrogens with zero attached hydrogens (tertiary/aromatic N) is 3. The van der Waals surface area contributed by atoms with Crippen molar-refractivity contribution in [3.8, 4) is 0 Å². The van der Waals surface area contributed by atoms with Gasteiger partial charge in [-0.2, -0.15) is 4.98 Å². The molecular formula is C9H17N5. The average molecular weight is 195 g/mol. The summed E-state index contributed by atoms with van der Waals surface area (Å²) in [5.74, 6) is 1.78. The van der Waals surface area contributed by atoms with E-state index in [9.17, 15) is 0 Å². The van der Waals surface area contributed by atoms with Crippen LogP contribution in [0, 0.1) is 0 Å². The Hall–Kier alpha value is -1.10. The Balaban J connectivity index is 2.02. The highest BCUT2D eigenvalue weighted by atomic mass is 15.4. The lowest BCUT2D eigenvalue weighted by molar-refractivity contribution is 0.750. The van der Waals surface area contributed by atoms with E-state index in [1.165, 1.54) is 0 Å². The summed E-state index contributed by atoms with van der Waals surface area (Å²) in [5.41, 5.74) is 5.82. The molecule has 5 nitrogen and oxygen atoms in total. The minimum atomic E-state index is 0.281. The fourth-order valence-electron chi connectivity index (χ4n) is 1.74. The van der Waals surface area contributed by atoms with Crippen molar-refractivity contribution in [2.45, 2.75) is 32.2 Å². The third kappa shape index (κ3) is 1.87. The molecule has 0 aromatic carbocycles. The quantitative estimate of drug-likeness (QED) is 0.727. The standard InChI is InChI=1S/C9H17N5/c1-2-3-8-11-9(13-12-8)14-5-4-7(10)6-14/h7H,2-6,10H2,1H3,(H,11,12,13). The first-order chi connectivity index (χ1) is 6.79. The first-order valence-corrected chi connectivity index (χ1v) is 5.21. The summed E-state index contributed by atoms with van der Waals surface area (Å²) in [6.45, 7) is 3.99. The van der Waals surface area contributed by atoms with E-state index in [0.717, 1.165) is 44.1 Å². The van der Waals surface area contributed by atoms with Crippen molar-refractivity contribution >= 4 is 5.95 Å². The monoisotopic (exact) mass is 195 g/mol. The van der Waals surface area contributed by atoms with Crippen LogP contribution in [0.2, 0.25) is 0 Å². The van der Waals surface area contributed by atoms with E-state index in [2.05, 4.69) is 27.0 Å². The van der Waals surface area contributed by atoms with Gasteiger partial charge < -0.3 is 10.6 Å². The highest BCUT2D eigenvalue weighted by molar-refractivity contribution is 5.31. The van der Waals surface area contributed by atoms with Crippen LogP contribution in [0.4, 0.5) is 5.95 Å². The van der Waals surface area contributed by atoms with Crippen molar-refractivity contribution in [3.05, 3.63) is 5.82 Å². The fourth-order valence-corrected chi connectivity index (χ4v) is 1.74. The molecule has 1 unspecified atom stereocenters. The van der Waals surface area contributed by atoms with E-state index >= 15 is 0 Å². The molecular weight excluding hydrogens is 178 g/mol. The number of aromatic amines is 1. The molecule has 0 bridgehead atoms. The van der Waals surface area contributed by atoms with E-state index in [1.54, 1.807) is 0 Å². The molecule has 0 aliphatic carbocycles. The topological polar surface area (TPSA) is 70.8 Å². The van der Waals surface area contributed by atoms with Gasteiger partial charge in [0.05, 0.1) is 0 Å². The zero-order valence-electron chi connectivity index (χ0n) is 8.53. The second-order valence-electron chi connectivity index (χ2n) is 3.83. The van der Waals surface area contributed by atoms with Gasteiger partial charge in [-0.25, -0.2) is 0 Å². The Morgan fingerprint density at radius 1 is 1.64 bits per heavy atom. The smallest absolute Gasteiger partial charge is 0.244 e. The van der Waals surface area contributed by atoms with Crippen LogP contribution in [0.25, 0.3) is 0 Å². The van der Waals surface area contributed by atoms with E-state index in [-0.39, 0.29) is 6.04 Å². The summed E-state index contributed by atoms with van der Waals surface area (Å²) in [6, 6.07) is 0.281. The van der Waals surface area contributed by atoms with Crippen LogP contribution < -0.4 is 10.6 Å². The summed E-state index contributed by atoms with van der Waals surface area (Å²) in [6.07, 6.45) is 3.10. The Kier molecular flexibility index (Phi) is 2.67. The van der Waals surface area contributed by atoms with Crippen molar-refractivity contribution in [1.82, 2.24) is 15.2 Å². The number of hydrogen-bond donors (Lipinski definition) is 2. The summed E-state index contributed by atoms with van der Waals surface area (Å²) >= 11 is 0. The van der Waals surface area contributed by atoms with Gasteiger partial charge in [0.1, 0.15) is 5.82 Å². The highest BCUT2D eigenvalue weighted by Crippen LogP contribution is 2.14. The molecule has 1 aromatic rings. The molecule has 14 heavy (non-hydrogen) atoms. The van der Waals surface area contributed by atoms with Crippen LogP contribution >= 0.6 is 0 Å². The summed E-state index contributed by atoms with van der Waals surface area (Å²) < 4.78 is 0. The van der Waals surface area contributed by atoms with E-state index in [1.807, 2.05) is 0 Å². The van der Waals surface area contributed by atoms with Crippen molar-refractivity contribution in [1.29, 1.82) is 0 Å². The number of nitrogens with one attached hydrogen (secondary N) is 1. The molecule has 1 aliphatic heterocycles. The molecule has 2 rings (SSSR count). The minimum absolute atomic E-state index is 0.281. The number of hydrogen-bond acceptors (Lipinski definition) is 4. The molecule has 0 radical (unpaired) electrons. The lowest BCUT2D eigenvalue weighted by Gasteiger charge is -2.11. The summed E-state index contributed by atoms with van der Waals surface area (Å²) in [7, 11) is 0. The first kappa shape index (κ1) is 9.45. The molecule has 1 atom stereocenters. The van der Waals surface area contributed by atoms with Crippen molar-refractivity contribution in [3.63, 3.8) is 0 Å². The second-order valence-corrected chi connectivity index (χ2v) is 3.83. The molecule has 1 fully saturated rings. The first-order valence-electron chi connectivity index (χ1n) is 5.21. The minimum Gasteiger partial charge on any atom is -0.338 e. The van der Waals surface area contributed by atoms with Gasteiger partial charge in [0.25, 0.3) is 0 Å². The number of aromatic nitrogens is 3. The van der Waals surface area contributed by atoms with Crippen molar-refractivity contribution < 1.29 is 0 Å². The van der Waals surface area contributed by atoms with Gasteiger partial charge >= 0.3 is 0 Å². The zero-order valence-corrected chi connectivity index (χ0v) is 8.53. The summed E-state index contributed by atoms with van der Waals surface area (Å²) in [5, 5.41) is 7.14. The predicted octanol–water partition coefficient (Wildman–Crippen LogP) is 0.295. The molecule has 5 heteroatoms.